The third-order valence-electron chi connectivity index (χ3n) is 3.66. The number of para-hydroxylation sites is 1. The van der Waals surface area contributed by atoms with Gasteiger partial charge in [0.25, 0.3) is 0 Å². The van der Waals surface area contributed by atoms with Crippen molar-refractivity contribution in [2.75, 3.05) is 5.32 Å². The summed E-state index contributed by atoms with van der Waals surface area (Å²) < 4.78 is 40.5. The highest BCUT2D eigenvalue weighted by Gasteiger charge is 2.31. The van der Waals surface area contributed by atoms with Crippen LogP contribution in [0.5, 0.6) is 5.75 Å². The first kappa shape index (κ1) is 18.8. The van der Waals surface area contributed by atoms with Gasteiger partial charge in [-0.05, 0) is 35.9 Å². The number of benzene rings is 2. The Hall–Kier alpha value is -3.00. The van der Waals surface area contributed by atoms with Crippen LogP contribution in [-0.2, 0) is 4.79 Å². The molecule has 1 unspecified atom stereocenters. The summed E-state index contributed by atoms with van der Waals surface area (Å²) >= 11 is 6.10. The number of fused-ring (bicyclic) bond motifs is 1. The minimum absolute atomic E-state index is 0.234. The van der Waals surface area contributed by atoms with Crippen LogP contribution in [0, 0.1) is 0 Å². The number of hydrogen-bond acceptors (Lipinski definition) is 4. The Morgan fingerprint density at radius 2 is 1.81 bits per heavy atom. The second kappa shape index (κ2) is 7.32. The molecular weight excluding hydrogens is 385 g/mol. The number of halogens is 4. The molecule has 3 rings (SSSR count). The molecule has 0 saturated heterocycles. The number of carboxylic acid groups (broad SMARTS) is 1. The number of alkyl halides is 3. The molecule has 9 heteroatoms. The molecule has 140 valence electrons. The molecule has 0 fully saturated rings. The Labute approximate surface area is 156 Å². The van der Waals surface area contributed by atoms with Crippen molar-refractivity contribution in [1.82, 2.24) is 4.98 Å². The fourth-order valence-corrected chi connectivity index (χ4v) is 2.71. The van der Waals surface area contributed by atoms with Gasteiger partial charge >= 0.3 is 12.3 Å². The molecule has 27 heavy (non-hydrogen) atoms. The lowest BCUT2D eigenvalue weighted by atomic mass is 10.1. The van der Waals surface area contributed by atoms with Crippen LogP contribution in [0.15, 0.2) is 54.6 Å². The minimum Gasteiger partial charge on any atom is -0.479 e. The van der Waals surface area contributed by atoms with Gasteiger partial charge in [0, 0.05) is 5.39 Å². The topological polar surface area (TPSA) is 71.5 Å². The average Bonchev–Trinajstić information content (AvgIpc) is 2.59. The highest BCUT2D eigenvalue weighted by Crippen LogP contribution is 2.27. The zero-order valence-corrected chi connectivity index (χ0v) is 14.3. The Kier molecular flexibility index (Phi) is 5.09. The van der Waals surface area contributed by atoms with Gasteiger partial charge in [-0.2, -0.15) is 0 Å². The molecule has 0 spiro atoms. The SMILES string of the molecule is O=C(O)C(Nc1ccc2cccc(Cl)c2n1)c1ccc(OC(F)(F)F)cc1. The number of ether oxygens (including phenoxy) is 1. The molecule has 0 aliphatic heterocycles. The monoisotopic (exact) mass is 396 g/mol. The minimum atomic E-state index is -4.82. The summed E-state index contributed by atoms with van der Waals surface area (Å²) in [7, 11) is 0. The number of hydrogen-bond donors (Lipinski definition) is 2. The maximum atomic E-state index is 12.2. The van der Waals surface area contributed by atoms with Crippen molar-refractivity contribution >= 4 is 34.3 Å². The first-order valence-electron chi connectivity index (χ1n) is 7.63. The van der Waals surface area contributed by atoms with E-state index in [0.29, 0.717) is 10.5 Å². The van der Waals surface area contributed by atoms with Gasteiger partial charge in [-0.15, -0.1) is 13.2 Å². The zero-order valence-electron chi connectivity index (χ0n) is 13.5. The predicted octanol–water partition coefficient (Wildman–Crippen LogP) is 5.02. The number of rotatable bonds is 5. The summed E-state index contributed by atoms with van der Waals surface area (Å²) in [5.41, 5.74) is 0.736. The van der Waals surface area contributed by atoms with Crippen LogP contribution in [0.2, 0.25) is 5.02 Å². The maximum absolute atomic E-state index is 12.2. The summed E-state index contributed by atoms with van der Waals surface area (Å²) in [6.07, 6.45) is -4.82. The summed E-state index contributed by atoms with van der Waals surface area (Å²) in [6, 6.07) is 11.9. The molecule has 1 atom stereocenters. The van der Waals surface area contributed by atoms with E-state index >= 15 is 0 Å². The molecule has 2 N–H and O–H groups in total. The van der Waals surface area contributed by atoms with E-state index in [9.17, 15) is 23.1 Å². The van der Waals surface area contributed by atoms with Crippen LogP contribution in [-0.4, -0.2) is 22.4 Å². The van der Waals surface area contributed by atoms with E-state index in [-0.39, 0.29) is 11.4 Å². The summed E-state index contributed by atoms with van der Waals surface area (Å²) in [5, 5.41) is 13.4. The van der Waals surface area contributed by atoms with Crippen molar-refractivity contribution in [1.29, 1.82) is 0 Å². The van der Waals surface area contributed by atoms with Crippen molar-refractivity contribution < 1.29 is 27.8 Å². The van der Waals surface area contributed by atoms with E-state index in [1.165, 1.54) is 12.1 Å². The molecule has 5 nitrogen and oxygen atoms in total. The Morgan fingerprint density at radius 3 is 2.44 bits per heavy atom. The number of nitrogens with zero attached hydrogens (tertiary/aromatic N) is 1. The molecule has 1 aromatic heterocycles. The average molecular weight is 397 g/mol. The summed E-state index contributed by atoms with van der Waals surface area (Å²) in [4.78, 5) is 15.9. The normalized spacial score (nSPS) is 12.6. The Balaban J connectivity index is 1.86. The lowest BCUT2D eigenvalue weighted by Gasteiger charge is -2.17. The van der Waals surface area contributed by atoms with Crippen LogP contribution in [0.1, 0.15) is 11.6 Å². The van der Waals surface area contributed by atoms with Crippen molar-refractivity contribution in [3.05, 3.63) is 65.2 Å². The van der Waals surface area contributed by atoms with Crippen LogP contribution in [0.3, 0.4) is 0 Å². The van der Waals surface area contributed by atoms with Crippen molar-refractivity contribution in [2.24, 2.45) is 0 Å². The number of aromatic nitrogens is 1. The third-order valence-corrected chi connectivity index (χ3v) is 3.96. The number of anilines is 1. The predicted molar refractivity (Wildman–Crippen MR) is 93.9 cm³/mol. The molecule has 2 aromatic carbocycles. The number of carboxylic acids is 1. The molecule has 0 aliphatic carbocycles. The Bertz CT molecular complexity index is 978. The second-order valence-electron chi connectivity index (χ2n) is 5.54. The van der Waals surface area contributed by atoms with Crippen molar-refractivity contribution in [3.8, 4) is 5.75 Å². The molecule has 1 heterocycles. The molecular formula is C18H12ClF3N2O3. The van der Waals surface area contributed by atoms with E-state index in [1.54, 1.807) is 24.3 Å². The summed E-state index contributed by atoms with van der Waals surface area (Å²) in [5.74, 6) is -1.40. The highest BCUT2D eigenvalue weighted by molar-refractivity contribution is 6.35. The maximum Gasteiger partial charge on any atom is 0.573 e. The molecule has 0 saturated carbocycles. The standard InChI is InChI=1S/C18H12ClF3N2O3/c19-13-3-1-2-10-6-9-14(23-15(10)13)24-16(17(25)26)11-4-7-12(8-5-11)27-18(20,21)22/h1-9,16H,(H,23,24)(H,25,26). The molecule has 0 bridgehead atoms. The summed E-state index contributed by atoms with van der Waals surface area (Å²) in [6.45, 7) is 0. The molecule has 0 radical (unpaired) electrons. The van der Waals surface area contributed by atoms with Gasteiger partial charge < -0.3 is 15.2 Å². The molecule has 0 amide bonds. The smallest absolute Gasteiger partial charge is 0.479 e. The fraction of sp³-hybridized carbons (Fsp3) is 0.111. The van der Waals surface area contributed by atoms with Gasteiger partial charge in [0.05, 0.1) is 10.5 Å². The second-order valence-corrected chi connectivity index (χ2v) is 5.95. The molecule has 3 aromatic rings. The Morgan fingerprint density at radius 1 is 1.11 bits per heavy atom. The van der Waals surface area contributed by atoms with E-state index < -0.39 is 24.1 Å². The first-order valence-corrected chi connectivity index (χ1v) is 8.01. The van der Waals surface area contributed by atoms with E-state index in [4.69, 9.17) is 11.6 Å². The highest BCUT2D eigenvalue weighted by atomic mass is 35.5. The fourth-order valence-electron chi connectivity index (χ4n) is 2.49. The van der Waals surface area contributed by atoms with Crippen molar-refractivity contribution in [3.63, 3.8) is 0 Å². The number of aliphatic carboxylic acids is 1. The van der Waals surface area contributed by atoms with Crippen molar-refractivity contribution in [2.45, 2.75) is 12.4 Å². The van der Waals surface area contributed by atoms with E-state index in [0.717, 1.165) is 17.5 Å². The van der Waals surface area contributed by atoms with E-state index in [2.05, 4.69) is 15.0 Å². The van der Waals surface area contributed by atoms with Crippen LogP contribution >= 0.6 is 11.6 Å². The zero-order chi connectivity index (χ0) is 19.6. The number of carbonyl (C=O) groups is 1. The van der Waals surface area contributed by atoms with Gasteiger partial charge in [-0.25, -0.2) is 9.78 Å². The van der Waals surface area contributed by atoms with Gasteiger partial charge in [-0.1, -0.05) is 35.9 Å². The van der Waals surface area contributed by atoms with Gasteiger partial charge in [0.15, 0.2) is 6.04 Å². The van der Waals surface area contributed by atoms with Crippen LogP contribution < -0.4 is 10.1 Å². The van der Waals surface area contributed by atoms with E-state index in [1.807, 2.05) is 6.07 Å². The number of pyridine rings is 1. The van der Waals surface area contributed by atoms with Crippen LogP contribution in [0.25, 0.3) is 10.9 Å². The largest absolute Gasteiger partial charge is 0.573 e. The lowest BCUT2D eigenvalue weighted by molar-refractivity contribution is -0.274. The lowest BCUT2D eigenvalue weighted by Crippen LogP contribution is -2.21. The molecule has 0 aliphatic rings. The van der Waals surface area contributed by atoms with Gasteiger partial charge in [-0.3, -0.25) is 0 Å². The third kappa shape index (κ3) is 4.59. The first-order chi connectivity index (χ1) is 12.7. The van der Waals surface area contributed by atoms with Crippen LogP contribution in [0.4, 0.5) is 19.0 Å². The van der Waals surface area contributed by atoms with Gasteiger partial charge in [0.2, 0.25) is 0 Å². The van der Waals surface area contributed by atoms with Gasteiger partial charge in [0.1, 0.15) is 11.6 Å². The quantitative estimate of drug-likeness (QED) is 0.633. The number of nitrogens with one attached hydrogen (secondary N) is 1.